The zero-order chi connectivity index (χ0) is 36.0. The molecule has 0 heterocycles. The first-order valence-corrected chi connectivity index (χ1v) is 18.6. The minimum Gasteiger partial charge on any atom is -0.494 e. The molecule has 1 aliphatic rings. The Morgan fingerprint density at radius 3 is 1.74 bits per heavy atom. The summed E-state index contributed by atoms with van der Waals surface area (Å²) in [6.07, 6.45) is 18.1. The largest absolute Gasteiger partial charge is 0.494 e. The van der Waals surface area contributed by atoms with Crippen LogP contribution in [0.25, 0.3) is 11.1 Å². The Labute approximate surface area is 298 Å². The lowest BCUT2D eigenvalue weighted by Gasteiger charge is -2.16. The molecular formula is C42H57NO7. The van der Waals surface area contributed by atoms with Crippen LogP contribution in [0.5, 0.6) is 5.75 Å². The van der Waals surface area contributed by atoms with Crippen LogP contribution in [-0.2, 0) is 9.53 Å². The molecule has 3 aromatic carbocycles. The average Bonchev–Trinajstić information content (AvgIpc) is 3.42. The number of nitrogens with one attached hydrogen (secondary N) is 1. The predicted molar refractivity (Wildman–Crippen MR) is 199 cm³/mol. The fraction of sp³-hybridized carbons (Fsp3) is 0.500. The number of hydrogen-bond acceptors (Lipinski definition) is 5. The maximum atomic E-state index is 11.9. The van der Waals surface area contributed by atoms with Crippen LogP contribution >= 0.6 is 0 Å². The minimum absolute atomic E-state index is 0.00192. The molecule has 50 heavy (non-hydrogen) atoms. The van der Waals surface area contributed by atoms with Gasteiger partial charge in [0.2, 0.25) is 0 Å². The molecule has 0 spiro atoms. The summed E-state index contributed by atoms with van der Waals surface area (Å²) in [6, 6.07) is 22.4. The first kappa shape index (κ1) is 40.1. The van der Waals surface area contributed by atoms with Crippen LogP contribution < -0.4 is 10.1 Å². The summed E-state index contributed by atoms with van der Waals surface area (Å²) < 4.78 is 11.0. The summed E-state index contributed by atoms with van der Waals surface area (Å²) in [7, 11) is 0. The van der Waals surface area contributed by atoms with E-state index in [0.29, 0.717) is 12.4 Å². The van der Waals surface area contributed by atoms with Gasteiger partial charge in [0.15, 0.2) is 0 Å². The van der Waals surface area contributed by atoms with E-state index >= 15 is 0 Å². The summed E-state index contributed by atoms with van der Waals surface area (Å²) in [4.78, 5) is 33.4. The van der Waals surface area contributed by atoms with E-state index in [2.05, 4.69) is 24.4 Å². The molecule has 1 aliphatic carbocycles. The van der Waals surface area contributed by atoms with E-state index in [-0.39, 0.29) is 24.5 Å². The Morgan fingerprint density at radius 1 is 0.700 bits per heavy atom. The maximum absolute atomic E-state index is 11.9. The monoisotopic (exact) mass is 687 g/mol. The zero-order valence-corrected chi connectivity index (χ0v) is 30.0. The quantitative estimate of drug-likeness (QED) is 0.0898. The maximum Gasteiger partial charge on any atom is 0.407 e. The fourth-order valence-corrected chi connectivity index (χ4v) is 6.36. The number of carbonyl (C=O) groups excluding carboxylic acids is 1. The molecule has 4 rings (SSSR count). The van der Waals surface area contributed by atoms with Crippen molar-refractivity contribution in [3.8, 4) is 16.9 Å². The van der Waals surface area contributed by atoms with Crippen molar-refractivity contribution in [2.45, 2.75) is 122 Å². The lowest BCUT2D eigenvalue weighted by atomic mass is 9.98. The molecule has 1 amide bonds. The number of carboxylic acids is 2. The number of aromatic carboxylic acids is 1. The summed E-state index contributed by atoms with van der Waals surface area (Å²) in [5.74, 6) is -1.22. The van der Waals surface area contributed by atoms with Crippen LogP contribution in [-0.4, -0.2) is 47.5 Å². The number of benzene rings is 3. The lowest BCUT2D eigenvalue weighted by molar-refractivity contribution is -0.137. The smallest absolute Gasteiger partial charge is 0.407 e. The Balaban J connectivity index is 0.000000271. The third kappa shape index (κ3) is 14.7. The molecule has 0 aromatic heterocycles. The number of carboxylic acid groups (broad SMARTS) is 2. The van der Waals surface area contributed by atoms with Gasteiger partial charge in [0.1, 0.15) is 12.4 Å². The molecule has 3 aromatic rings. The number of carbonyl (C=O) groups is 3. The molecule has 0 bridgehead atoms. The third-order valence-electron chi connectivity index (χ3n) is 9.04. The zero-order valence-electron chi connectivity index (χ0n) is 30.0. The van der Waals surface area contributed by atoms with Gasteiger partial charge in [-0.3, -0.25) is 4.79 Å². The van der Waals surface area contributed by atoms with Crippen molar-refractivity contribution >= 4 is 18.0 Å². The number of amides is 1. The highest BCUT2D eigenvalue weighted by molar-refractivity contribution is 5.88. The summed E-state index contributed by atoms with van der Waals surface area (Å²) in [6.45, 7) is 4.80. The van der Waals surface area contributed by atoms with Crippen LogP contribution in [0.2, 0.25) is 0 Å². The minimum atomic E-state index is -0.957. The van der Waals surface area contributed by atoms with E-state index in [1.807, 2.05) is 42.5 Å². The molecule has 8 nitrogen and oxygen atoms in total. The highest BCUT2D eigenvalue weighted by Gasteiger charge is 2.29. The van der Waals surface area contributed by atoms with Crippen molar-refractivity contribution in [2.24, 2.45) is 0 Å². The molecule has 1 unspecified atom stereocenters. The summed E-state index contributed by atoms with van der Waals surface area (Å²) >= 11 is 0. The first-order valence-electron chi connectivity index (χ1n) is 18.6. The van der Waals surface area contributed by atoms with Gasteiger partial charge in [-0.25, -0.2) is 9.59 Å². The van der Waals surface area contributed by atoms with Gasteiger partial charge in [0.25, 0.3) is 0 Å². The fourth-order valence-electron chi connectivity index (χ4n) is 6.36. The molecule has 0 saturated carbocycles. The Morgan fingerprint density at radius 2 is 1.22 bits per heavy atom. The second kappa shape index (κ2) is 23.1. The number of hydrogen-bond donors (Lipinski definition) is 3. The van der Waals surface area contributed by atoms with Gasteiger partial charge in [-0.15, -0.1) is 0 Å². The van der Waals surface area contributed by atoms with Gasteiger partial charge in [-0.1, -0.05) is 145 Å². The van der Waals surface area contributed by atoms with Crippen molar-refractivity contribution in [1.29, 1.82) is 0 Å². The van der Waals surface area contributed by atoms with E-state index in [0.717, 1.165) is 17.5 Å². The number of rotatable bonds is 22. The number of unbranched alkanes of at least 4 members (excludes halogenated alkanes) is 13. The molecule has 1 atom stereocenters. The van der Waals surface area contributed by atoms with Gasteiger partial charge in [-0.2, -0.15) is 0 Å². The van der Waals surface area contributed by atoms with Gasteiger partial charge >= 0.3 is 18.0 Å². The van der Waals surface area contributed by atoms with E-state index in [4.69, 9.17) is 19.7 Å². The third-order valence-corrected chi connectivity index (χ3v) is 9.04. The highest BCUT2D eigenvalue weighted by Crippen LogP contribution is 2.44. The average molecular weight is 688 g/mol. The molecule has 0 aliphatic heterocycles. The van der Waals surface area contributed by atoms with Gasteiger partial charge in [0.05, 0.1) is 18.6 Å². The van der Waals surface area contributed by atoms with Crippen LogP contribution in [0.4, 0.5) is 4.79 Å². The van der Waals surface area contributed by atoms with Gasteiger partial charge in [-0.05, 0) is 53.8 Å². The standard InChI is InChI=1S/C23H38O3.C19H19NO4/c1-2-3-4-5-6-7-8-9-10-11-12-13-14-15-19-26-22-18-16-17-21(20-22)23(24)25;1-12(10-18(21)22)20-19(23)24-11-17-15-8-4-2-6-13(15)14-7-3-5-9-16(14)17/h16-18,20H,2-15,19H2,1H3,(H,24,25);2-9,12,17H,10-11H2,1H3,(H,20,23)(H,21,22). The number of alkyl carbamates (subject to hydrolysis) is 1. The number of fused-ring (bicyclic) bond motifs is 3. The van der Waals surface area contributed by atoms with E-state index in [9.17, 15) is 14.4 Å². The molecule has 3 N–H and O–H groups in total. The number of aliphatic carboxylic acids is 1. The van der Waals surface area contributed by atoms with E-state index in [1.54, 1.807) is 25.1 Å². The van der Waals surface area contributed by atoms with Crippen LogP contribution in [0, 0.1) is 0 Å². The lowest BCUT2D eigenvalue weighted by Crippen LogP contribution is -2.35. The van der Waals surface area contributed by atoms with Crippen molar-refractivity contribution in [3.63, 3.8) is 0 Å². The van der Waals surface area contributed by atoms with Crippen molar-refractivity contribution in [3.05, 3.63) is 89.5 Å². The van der Waals surface area contributed by atoms with E-state index < -0.39 is 24.1 Å². The molecule has 272 valence electrons. The summed E-state index contributed by atoms with van der Waals surface area (Å²) in [5, 5.41) is 20.2. The molecule has 8 heteroatoms. The Hall–Kier alpha value is -4.33. The van der Waals surface area contributed by atoms with Gasteiger partial charge < -0.3 is 25.0 Å². The van der Waals surface area contributed by atoms with Crippen molar-refractivity contribution in [2.75, 3.05) is 13.2 Å². The van der Waals surface area contributed by atoms with Crippen LogP contribution in [0.1, 0.15) is 138 Å². The second-order valence-corrected chi connectivity index (χ2v) is 13.2. The molecule has 0 fully saturated rings. The van der Waals surface area contributed by atoms with Gasteiger partial charge in [0, 0.05) is 12.0 Å². The second-order valence-electron chi connectivity index (χ2n) is 13.2. The summed E-state index contributed by atoms with van der Waals surface area (Å²) in [5.41, 5.74) is 4.90. The normalized spacial score (nSPS) is 12.2. The first-order chi connectivity index (χ1) is 24.3. The van der Waals surface area contributed by atoms with E-state index in [1.165, 1.54) is 94.6 Å². The van der Waals surface area contributed by atoms with Crippen LogP contribution in [0.15, 0.2) is 72.8 Å². The SMILES string of the molecule is CC(CC(=O)O)NC(=O)OCC1c2ccccc2-c2ccccc21.CCCCCCCCCCCCCCCCOc1cccc(C(=O)O)c1. The number of ether oxygens (including phenoxy) is 2. The Kier molecular flexibility index (Phi) is 18.6. The molecule has 0 saturated heterocycles. The molecule has 0 radical (unpaired) electrons. The van der Waals surface area contributed by atoms with Crippen molar-refractivity contribution in [1.82, 2.24) is 5.32 Å². The van der Waals surface area contributed by atoms with Crippen molar-refractivity contribution < 1.29 is 34.1 Å². The Bertz CT molecular complexity index is 1410. The molecular weight excluding hydrogens is 630 g/mol. The van der Waals surface area contributed by atoms with Crippen LogP contribution in [0.3, 0.4) is 0 Å². The highest BCUT2D eigenvalue weighted by atomic mass is 16.5. The predicted octanol–water partition coefficient (Wildman–Crippen LogP) is 10.6. The topological polar surface area (TPSA) is 122 Å².